The molecule has 0 radical (unpaired) electrons. The minimum absolute atomic E-state index is 0.216. The quantitative estimate of drug-likeness (QED) is 0.679. The molecule has 68 valence electrons. The zero-order valence-electron chi connectivity index (χ0n) is 7.73. The van der Waals surface area contributed by atoms with Crippen LogP contribution in [0.15, 0.2) is 22.7 Å². The van der Waals surface area contributed by atoms with E-state index in [2.05, 4.69) is 15.9 Å². The molecule has 0 bridgehead atoms. The van der Waals surface area contributed by atoms with Crippen LogP contribution >= 0.6 is 15.9 Å². The van der Waals surface area contributed by atoms with Gasteiger partial charge < -0.3 is 0 Å². The topological polar surface area (TPSA) is 17.1 Å². The minimum atomic E-state index is -0.216. The van der Waals surface area contributed by atoms with Crippen molar-refractivity contribution in [2.24, 2.45) is 5.41 Å². The first kappa shape index (κ1) is 8.95. The van der Waals surface area contributed by atoms with Crippen molar-refractivity contribution in [2.45, 2.75) is 20.3 Å². The number of rotatable bonds is 0. The number of halogens is 1. The van der Waals surface area contributed by atoms with E-state index in [9.17, 15) is 4.79 Å². The lowest BCUT2D eigenvalue weighted by molar-refractivity contribution is 0.0863. The SMILES string of the molecule is CC1(C)Cc2cccc(Br)c2C1=O. The summed E-state index contributed by atoms with van der Waals surface area (Å²) < 4.78 is 0.931. The van der Waals surface area contributed by atoms with Gasteiger partial charge in [0.25, 0.3) is 0 Å². The Morgan fingerprint density at radius 1 is 1.38 bits per heavy atom. The molecule has 2 rings (SSSR count). The van der Waals surface area contributed by atoms with Gasteiger partial charge in [0, 0.05) is 15.5 Å². The smallest absolute Gasteiger partial charge is 0.170 e. The highest BCUT2D eigenvalue weighted by atomic mass is 79.9. The summed E-state index contributed by atoms with van der Waals surface area (Å²) in [5.74, 6) is 0.259. The van der Waals surface area contributed by atoms with E-state index in [0.29, 0.717) is 0 Å². The Bertz CT molecular complexity index is 380. The van der Waals surface area contributed by atoms with Gasteiger partial charge in [-0.2, -0.15) is 0 Å². The Morgan fingerprint density at radius 3 is 2.69 bits per heavy atom. The largest absolute Gasteiger partial charge is 0.294 e. The maximum atomic E-state index is 11.9. The van der Waals surface area contributed by atoms with Crippen molar-refractivity contribution in [3.05, 3.63) is 33.8 Å². The molecule has 0 amide bonds. The van der Waals surface area contributed by atoms with Crippen LogP contribution in [0.1, 0.15) is 29.8 Å². The highest BCUT2D eigenvalue weighted by molar-refractivity contribution is 9.10. The second-order valence-corrected chi connectivity index (χ2v) is 5.02. The fraction of sp³-hybridized carbons (Fsp3) is 0.364. The van der Waals surface area contributed by atoms with Gasteiger partial charge in [-0.3, -0.25) is 4.79 Å². The zero-order chi connectivity index (χ0) is 9.64. The minimum Gasteiger partial charge on any atom is -0.294 e. The second kappa shape index (κ2) is 2.68. The fourth-order valence-corrected chi connectivity index (χ4v) is 2.45. The summed E-state index contributed by atoms with van der Waals surface area (Å²) in [6, 6.07) is 5.95. The number of hydrogen-bond acceptors (Lipinski definition) is 1. The lowest BCUT2D eigenvalue weighted by Gasteiger charge is -2.13. The molecular weight excluding hydrogens is 228 g/mol. The molecule has 1 aromatic rings. The molecule has 0 saturated heterocycles. The third-order valence-electron chi connectivity index (χ3n) is 2.57. The van der Waals surface area contributed by atoms with Crippen LogP contribution < -0.4 is 0 Å². The molecule has 0 unspecified atom stereocenters. The van der Waals surface area contributed by atoms with Gasteiger partial charge in [-0.05, 0) is 18.1 Å². The normalized spacial score (nSPS) is 18.8. The molecule has 2 heteroatoms. The van der Waals surface area contributed by atoms with Crippen molar-refractivity contribution in [1.82, 2.24) is 0 Å². The molecule has 13 heavy (non-hydrogen) atoms. The molecule has 0 heterocycles. The molecule has 1 nitrogen and oxygen atoms in total. The van der Waals surface area contributed by atoms with E-state index in [4.69, 9.17) is 0 Å². The Kier molecular flexibility index (Phi) is 1.84. The molecular formula is C11H11BrO. The number of carbonyl (C=O) groups excluding carboxylic acids is 1. The van der Waals surface area contributed by atoms with E-state index < -0.39 is 0 Å². The van der Waals surface area contributed by atoms with Crippen LogP contribution in [0.2, 0.25) is 0 Å². The van der Waals surface area contributed by atoms with E-state index in [1.54, 1.807) is 0 Å². The number of benzene rings is 1. The number of fused-ring (bicyclic) bond motifs is 1. The Morgan fingerprint density at radius 2 is 2.08 bits per heavy atom. The summed E-state index contributed by atoms with van der Waals surface area (Å²) in [5.41, 5.74) is 1.84. The molecule has 1 aromatic carbocycles. The standard InChI is InChI=1S/C11H11BrO/c1-11(2)6-7-4-3-5-8(12)9(7)10(11)13/h3-5H,6H2,1-2H3. The van der Waals surface area contributed by atoms with Crippen LogP contribution in [-0.2, 0) is 6.42 Å². The van der Waals surface area contributed by atoms with Gasteiger partial charge in [0.15, 0.2) is 5.78 Å². The molecule has 0 aromatic heterocycles. The summed E-state index contributed by atoms with van der Waals surface area (Å²) in [6.07, 6.45) is 0.862. The van der Waals surface area contributed by atoms with Gasteiger partial charge in [0.2, 0.25) is 0 Å². The molecule has 0 fully saturated rings. The van der Waals surface area contributed by atoms with Crippen molar-refractivity contribution >= 4 is 21.7 Å². The summed E-state index contributed by atoms with van der Waals surface area (Å²) in [6.45, 7) is 4.00. The van der Waals surface area contributed by atoms with E-state index >= 15 is 0 Å². The Balaban J connectivity index is 2.64. The molecule has 1 aliphatic rings. The second-order valence-electron chi connectivity index (χ2n) is 4.16. The first-order valence-electron chi connectivity index (χ1n) is 4.34. The maximum absolute atomic E-state index is 11.9. The first-order valence-corrected chi connectivity index (χ1v) is 5.14. The van der Waals surface area contributed by atoms with Crippen LogP contribution in [0.4, 0.5) is 0 Å². The van der Waals surface area contributed by atoms with Crippen LogP contribution in [0, 0.1) is 5.41 Å². The van der Waals surface area contributed by atoms with Crippen LogP contribution in [0.3, 0.4) is 0 Å². The van der Waals surface area contributed by atoms with Crippen molar-refractivity contribution < 1.29 is 4.79 Å². The van der Waals surface area contributed by atoms with Crippen molar-refractivity contribution in [3.63, 3.8) is 0 Å². The van der Waals surface area contributed by atoms with Gasteiger partial charge in [-0.1, -0.05) is 41.9 Å². The highest BCUT2D eigenvalue weighted by Crippen LogP contribution is 2.39. The third kappa shape index (κ3) is 1.24. The number of hydrogen-bond donors (Lipinski definition) is 0. The van der Waals surface area contributed by atoms with Gasteiger partial charge in [0.1, 0.15) is 0 Å². The number of Topliss-reactive ketones (excluding diaryl/α,β-unsaturated/α-hetero) is 1. The van der Waals surface area contributed by atoms with Crippen molar-refractivity contribution in [1.29, 1.82) is 0 Å². The predicted octanol–water partition coefficient (Wildman–Crippen LogP) is 3.21. The number of ketones is 1. The van der Waals surface area contributed by atoms with E-state index in [0.717, 1.165) is 16.5 Å². The third-order valence-corrected chi connectivity index (χ3v) is 3.23. The molecule has 0 saturated carbocycles. The van der Waals surface area contributed by atoms with Crippen LogP contribution in [0.25, 0.3) is 0 Å². The van der Waals surface area contributed by atoms with Crippen LogP contribution in [-0.4, -0.2) is 5.78 Å². The highest BCUT2D eigenvalue weighted by Gasteiger charge is 2.38. The Hall–Kier alpha value is -0.630. The summed E-state index contributed by atoms with van der Waals surface area (Å²) in [4.78, 5) is 11.9. The summed E-state index contributed by atoms with van der Waals surface area (Å²) >= 11 is 3.42. The van der Waals surface area contributed by atoms with Gasteiger partial charge in [-0.25, -0.2) is 0 Å². The van der Waals surface area contributed by atoms with Crippen LogP contribution in [0.5, 0.6) is 0 Å². The number of carbonyl (C=O) groups is 1. The first-order chi connectivity index (χ1) is 6.02. The molecule has 0 spiro atoms. The average molecular weight is 239 g/mol. The Labute approximate surface area is 86.3 Å². The molecule has 1 aliphatic carbocycles. The fourth-order valence-electron chi connectivity index (χ4n) is 1.87. The van der Waals surface area contributed by atoms with Crippen molar-refractivity contribution in [2.75, 3.05) is 0 Å². The van der Waals surface area contributed by atoms with Gasteiger partial charge in [0.05, 0.1) is 0 Å². The average Bonchev–Trinajstić information content (AvgIpc) is 2.24. The van der Waals surface area contributed by atoms with Gasteiger partial charge >= 0.3 is 0 Å². The van der Waals surface area contributed by atoms with Gasteiger partial charge in [-0.15, -0.1) is 0 Å². The molecule has 0 atom stereocenters. The summed E-state index contributed by atoms with van der Waals surface area (Å²) in [5, 5.41) is 0. The van der Waals surface area contributed by atoms with Crippen molar-refractivity contribution in [3.8, 4) is 0 Å². The van der Waals surface area contributed by atoms with E-state index in [1.165, 1.54) is 5.56 Å². The molecule has 0 N–H and O–H groups in total. The van der Waals surface area contributed by atoms with E-state index in [1.807, 2.05) is 32.0 Å². The predicted molar refractivity (Wildman–Crippen MR) is 56.0 cm³/mol. The summed E-state index contributed by atoms with van der Waals surface area (Å²) in [7, 11) is 0. The zero-order valence-corrected chi connectivity index (χ0v) is 9.31. The van der Waals surface area contributed by atoms with E-state index in [-0.39, 0.29) is 11.2 Å². The monoisotopic (exact) mass is 238 g/mol. The lowest BCUT2D eigenvalue weighted by Crippen LogP contribution is -2.19. The maximum Gasteiger partial charge on any atom is 0.170 e. The molecule has 0 aliphatic heterocycles. The lowest BCUT2D eigenvalue weighted by atomic mass is 9.89.